The molecule has 0 atom stereocenters. The van der Waals surface area contributed by atoms with E-state index in [0.717, 1.165) is 0 Å². The fourth-order valence-electron chi connectivity index (χ4n) is 2.04. The van der Waals surface area contributed by atoms with E-state index in [9.17, 15) is 14.9 Å². The molecular weight excluding hydrogens is 378 g/mol. The zero-order valence-electron chi connectivity index (χ0n) is 13.0. The quantitative estimate of drug-likeness (QED) is 0.318. The van der Waals surface area contributed by atoms with Gasteiger partial charge in [0.1, 0.15) is 11.5 Å². The Morgan fingerprint density at radius 2 is 1.92 bits per heavy atom. The minimum atomic E-state index is -0.492. The lowest BCUT2D eigenvalue weighted by atomic mass is 10.1. The van der Waals surface area contributed by atoms with Crippen LogP contribution in [0.2, 0.25) is 0 Å². The first kappa shape index (κ1) is 17.7. The van der Waals surface area contributed by atoms with E-state index in [1.54, 1.807) is 30.3 Å². The number of nitrogens with zero attached hydrogens (tertiary/aromatic N) is 1. The number of methoxy groups -OCH3 is 2. The average molecular weight is 392 g/mol. The van der Waals surface area contributed by atoms with Crippen LogP contribution in [0.5, 0.6) is 11.5 Å². The van der Waals surface area contributed by atoms with Crippen LogP contribution in [-0.2, 0) is 0 Å². The molecule has 2 aromatic carbocycles. The van der Waals surface area contributed by atoms with Gasteiger partial charge < -0.3 is 9.47 Å². The third kappa shape index (κ3) is 3.99. The molecule has 0 radical (unpaired) electrons. The molecule has 0 unspecified atom stereocenters. The highest BCUT2D eigenvalue weighted by Crippen LogP contribution is 2.27. The van der Waals surface area contributed by atoms with Crippen molar-refractivity contribution in [3.63, 3.8) is 0 Å². The van der Waals surface area contributed by atoms with Crippen LogP contribution in [0.1, 0.15) is 15.9 Å². The molecule has 0 bridgehead atoms. The third-order valence-electron chi connectivity index (χ3n) is 3.27. The zero-order chi connectivity index (χ0) is 17.7. The minimum absolute atomic E-state index is 0.0661. The van der Waals surface area contributed by atoms with Gasteiger partial charge in [0.15, 0.2) is 5.78 Å². The second kappa shape index (κ2) is 7.74. The van der Waals surface area contributed by atoms with Crippen LogP contribution in [0.15, 0.2) is 46.9 Å². The largest absolute Gasteiger partial charge is 0.497 e. The Labute approximate surface area is 147 Å². The van der Waals surface area contributed by atoms with Crippen molar-refractivity contribution < 1.29 is 19.2 Å². The Morgan fingerprint density at radius 3 is 2.54 bits per heavy atom. The first-order valence-corrected chi connectivity index (χ1v) is 7.64. The standard InChI is InChI=1S/C17H14BrNO5/c1-23-12-5-8-17(24-2)13(10-12)16(20)7-4-11-3-6-14(18)15(9-11)19(21)22/h3-10H,1-2H3/b7-4+. The van der Waals surface area contributed by atoms with Gasteiger partial charge in [-0.1, -0.05) is 12.1 Å². The van der Waals surface area contributed by atoms with Gasteiger partial charge in [-0.25, -0.2) is 0 Å². The molecule has 0 spiro atoms. The van der Waals surface area contributed by atoms with Crippen molar-refractivity contribution in [3.8, 4) is 11.5 Å². The molecule has 2 rings (SSSR count). The zero-order valence-corrected chi connectivity index (χ0v) is 14.6. The van der Waals surface area contributed by atoms with E-state index in [-0.39, 0.29) is 11.5 Å². The summed E-state index contributed by atoms with van der Waals surface area (Å²) >= 11 is 3.12. The first-order valence-electron chi connectivity index (χ1n) is 6.84. The monoisotopic (exact) mass is 391 g/mol. The highest BCUT2D eigenvalue weighted by atomic mass is 79.9. The van der Waals surface area contributed by atoms with Crippen molar-refractivity contribution in [2.75, 3.05) is 14.2 Å². The number of ether oxygens (including phenoxy) is 2. The Morgan fingerprint density at radius 1 is 1.17 bits per heavy atom. The highest BCUT2D eigenvalue weighted by Gasteiger charge is 2.13. The lowest BCUT2D eigenvalue weighted by Gasteiger charge is -2.07. The number of hydrogen-bond acceptors (Lipinski definition) is 5. The number of benzene rings is 2. The summed E-state index contributed by atoms with van der Waals surface area (Å²) in [5, 5.41) is 10.9. The highest BCUT2D eigenvalue weighted by molar-refractivity contribution is 9.10. The normalized spacial score (nSPS) is 10.6. The summed E-state index contributed by atoms with van der Waals surface area (Å²) in [4.78, 5) is 22.8. The second-order valence-electron chi connectivity index (χ2n) is 4.73. The topological polar surface area (TPSA) is 78.7 Å². The maximum absolute atomic E-state index is 12.4. The maximum atomic E-state index is 12.4. The number of halogens is 1. The van der Waals surface area contributed by atoms with Crippen molar-refractivity contribution in [1.29, 1.82) is 0 Å². The number of hydrogen-bond donors (Lipinski definition) is 0. The van der Waals surface area contributed by atoms with Gasteiger partial charge in [0.25, 0.3) is 5.69 Å². The number of allylic oxidation sites excluding steroid dienone is 1. The SMILES string of the molecule is COc1ccc(OC)c(C(=O)/C=C/c2ccc(Br)c([N+](=O)[O-])c2)c1. The minimum Gasteiger partial charge on any atom is -0.497 e. The summed E-state index contributed by atoms with van der Waals surface area (Å²) < 4.78 is 10.7. The Kier molecular flexibility index (Phi) is 5.70. The van der Waals surface area contributed by atoms with Crippen LogP contribution < -0.4 is 9.47 Å². The van der Waals surface area contributed by atoms with Gasteiger partial charge in [0, 0.05) is 6.07 Å². The molecule has 0 aromatic heterocycles. The summed E-state index contributed by atoms with van der Waals surface area (Å²) in [6.07, 6.45) is 2.85. The molecule has 0 aliphatic rings. The maximum Gasteiger partial charge on any atom is 0.284 e. The smallest absolute Gasteiger partial charge is 0.284 e. The van der Waals surface area contributed by atoms with Crippen LogP contribution >= 0.6 is 15.9 Å². The van der Waals surface area contributed by atoms with Crippen molar-refractivity contribution in [3.05, 3.63) is 68.2 Å². The molecule has 124 valence electrons. The number of ketones is 1. The van der Waals surface area contributed by atoms with Gasteiger partial charge in [-0.3, -0.25) is 14.9 Å². The molecule has 0 saturated carbocycles. The molecular formula is C17H14BrNO5. The van der Waals surface area contributed by atoms with Gasteiger partial charge in [-0.2, -0.15) is 0 Å². The molecule has 7 heteroatoms. The van der Waals surface area contributed by atoms with E-state index in [2.05, 4.69) is 15.9 Å². The van der Waals surface area contributed by atoms with Crippen LogP contribution in [0, 0.1) is 10.1 Å². The molecule has 24 heavy (non-hydrogen) atoms. The third-order valence-corrected chi connectivity index (χ3v) is 3.94. The molecule has 0 fully saturated rings. The Bertz CT molecular complexity index is 817. The lowest BCUT2D eigenvalue weighted by Crippen LogP contribution is -2.00. The fraction of sp³-hybridized carbons (Fsp3) is 0.118. The van der Waals surface area contributed by atoms with E-state index in [4.69, 9.17) is 9.47 Å². The summed E-state index contributed by atoms with van der Waals surface area (Å²) in [6, 6.07) is 9.53. The van der Waals surface area contributed by atoms with Crippen LogP contribution in [-0.4, -0.2) is 24.9 Å². The van der Waals surface area contributed by atoms with E-state index in [1.165, 1.54) is 32.4 Å². The number of carbonyl (C=O) groups is 1. The number of carbonyl (C=O) groups excluding carboxylic acids is 1. The van der Waals surface area contributed by atoms with E-state index >= 15 is 0 Å². The number of rotatable bonds is 6. The van der Waals surface area contributed by atoms with Crippen molar-refractivity contribution >= 4 is 33.5 Å². The van der Waals surface area contributed by atoms with Crippen molar-refractivity contribution in [1.82, 2.24) is 0 Å². The van der Waals surface area contributed by atoms with Gasteiger partial charge >= 0.3 is 0 Å². The van der Waals surface area contributed by atoms with Crippen LogP contribution in [0.3, 0.4) is 0 Å². The summed E-state index contributed by atoms with van der Waals surface area (Å²) in [5.41, 5.74) is 0.823. The van der Waals surface area contributed by atoms with E-state index in [0.29, 0.717) is 27.1 Å². The van der Waals surface area contributed by atoms with Crippen LogP contribution in [0.4, 0.5) is 5.69 Å². The van der Waals surface area contributed by atoms with Gasteiger partial charge in [0.2, 0.25) is 0 Å². The number of nitro benzene ring substituents is 1. The molecule has 2 aromatic rings. The predicted octanol–water partition coefficient (Wildman–Crippen LogP) is 4.27. The van der Waals surface area contributed by atoms with Crippen LogP contribution in [0.25, 0.3) is 6.08 Å². The summed E-state index contributed by atoms with van der Waals surface area (Å²) in [5.74, 6) is 0.662. The molecule has 0 aliphatic heterocycles. The molecule has 0 N–H and O–H groups in total. The van der Waals surface area contributed by atoms with Gasteiger partial charge in [-0.05, 0) is 51.8 Å². The Hall–Kier alpha value is -2.67. The first-order chi connectivity index (χ1) is 11.5. The Balaban J connectivity index is 2.31. The molecule has 0 heterocycles. The van der Waals surface area contributed by atoms with Crippen molar-refractivity contribution in [2.24, 2.45) is 0 Å². The average Bonchev–Trinajstić information content (AvgIpc) is 2.59. The fourth-order valence-corrected chi connectivity index (χ4v) is 2.43. The van der Waals surface area contributed by atoms with Crippen molar-refractivity contribution in [2.45, 2.75) is 0 Å². The molecule has 0 aliphatic carbocycles. The second-order valence-corrected chi connectivity index (χ2v) is 5.59. The molecule has 0 amide bonds. The lowest BCUT2D eigenvalue weighted by molar-refractivity contribution is -0.385. The van der Waals surface area contributed by atoms with E-state index < -0.39 is 4.92 Å². The van der Waals surface area contributed by atoms with Gasteiger partial charge in [-0.15, -0.1) is 0 Å². The van der Waals surface area contributed by atoms with Gasteiger partial charge in [0.05, 0.1) is 29.2 Å². The van der Waals surface area contributed by atoms with E-state index in [1.807, 2.05) is 0 Å². The molecule has 0 saturated heterocycles. The molecule has 6 nitrogen and oxygen atoms in total. The predicted molar refractivity (Wildman–Crippen MR) is 93.7 cm³/mol. The summed E-state index contributed by atoms with van der Waals surface area (Å²) in [6.45, 7) is 0. The summed E-state index contributed by atoms with van der Waals surface area (Å²) in [7, 11) is 2.98. The number of nitro groups is 1.